The summed E-state index contributed by atoms with van der Waals surface area (Å²) in [4.78, 5) is 27.2. The zero-order chi connectivity index (χ0) is 10.5. The maximum absolute atomic E-state index is 10.4. The SMILES string of the molecule is CCC(COC(C)=O)OP(=O)(O)O. The van der Waals surface area contributed by atoms with Gasteiger partial charge in [-0.1, -0.05) is 6.92 Å². The molecular weight excluding hydrogens is 199 g/mol. The van der Waals surface area contributed by atoms with Crippen LogP contribution < -0.4 is 0 Å². The standard InChI is InChI=1S/C6H13O6P/c1-3-6(4-11-5(2)7)12-13(8,9)10/h6H,3-4H2,1-2H3,(H2,8,9,10). The minimum Gasteiger partial charge on any atom is -0.463 e. The van der Waals surface area contributed by atoms with Crippen LogP contribution in [0.15, 0.2) is 0 Å². The summed E-state index contributed by atoms with van der Waals surface area (Å²) < 4.78 is 19.2. The Kier molecular flexibility index (Phi) is 5.17. The van der Waals surface area contributed by atoms with E-state index >= 15 is 0 Å². The molecule has 13 heavy (non-hydrogen) atoms. The molecule has 78 valence electrons. The van der Waals surface area contributed by atoms with Gasteiger partial charge in [0.25, 0.3) is 0 Å². The van der Waals surface area contributed by atoms with Crippen molar-refractivity contribution in [2.75, 3.05) is 6.61 Å². The van der Waals surface area contributed by atoms with Crippen LogP contribution in [-0.2, 0) is 18.6 Å². The van der Waals surface area contributed by atoms with Gasteiger partial charge in [0.05, 0.1) is 0 Å². The van der Waals surface area contributed by atoms with E-state index in [1.54, 1.807) is 6.92 Å². The molecule has 0 aromatic rings. The molecule has 0 fully saturated rings. The van der Waals surface area contributed by atoms with Crippen molar-refractivity contribution in [3.8, 4) is 0 Å². The van der Waals surface area contributed by atoms with Gasteiger partial charge < -0.3 is 14.5 Å². The van der Waals surface area contributed by atoms with Crippen molar-refractivity contribution < 1.29 is 28.4 Å². The number of hydrogen-bond acceptors (Lipinski definition) is 4. The van der Waals surface area contributed by atoms with Crippen molar-refractivity contribution in [2.45, 2.75) is 26.4 Å². The zero-order valence-electron chi connectivity index (χ0n) is 7.47. The van der Waals surface area contributed by atoms with Gasteiger partial charge in [-0.2, -0.15) is 0 Å². The van der Waals surface area contributed by atoms with Gasteiger partial charge >= 0.3 is 13.8 Å². The molecule has 0 aromatic heterocycles. The molecule has 0 rings (SSSR count). The molecular formula is C6H13O6P. The number of rotatable bonds is 5. The van der Waals surface area contributed by atoms with E-state index in [4.69, 9.17) is 9.79 Å². The molecule has 6 nitrogen and oxygen atoms in total. The monoisotopic (exact) mass is 212 g/mol. The second-order valence-electron chi connectivity index (χ2n) is 2.43. The Balaban J connectivity index is 3.90. The van der Waals surface area contributed by atoms with E-state index in [1.165, 1.54) is 6.92 Å². The number of carbonyl (C=O) groups is 1. The first kappa shape index (κ1) is 12.6. The lowest BCUT2D eigenvalue weighted by molar-refractivity contribution is -0.143. The molecule has 1 atom stereocenters. The Hall–Kier alpha value is -0.420. The van der Waals surface area contributed by atoms with Gasteiger partial charge in [0, 0.05) is 6.92 Å². The van der Waals surface area contributed by atoms with Crippen LogP contribution in [-0.4, -0.2) is 28.5 Å². The van der Waals surface area contributed by atoms with E-state index in [1.807, 2.05) is 0 Å². The summed E-state index contributed by atoms with van der Waals surface area (Å²) in [5.74, 6) is -0.507. The highest BCUT2D eigenvalue weighted by Crippen LogP contribution is 2.38. The molecule has 0 spiro atoms. The summed E-state index contributed by atoms with van der Waals surface area (Å²) in [6.07, 6.45) is -0.400. The van der Waals surface area contributed by atoms with Crippen LogP contribution >= 0.6 is 7.82 Å². The second kappa shape index (κ2) is 5.34. The number of carbonyl (C=O) groups excluding carboxylic acids is 1. The predicted octanol–water partition coefficient (Wildman–Crippen LogP) is 0.437. The van der Waals surface area contributed by atoms with Crippen LogP contribution in [0.3, 0.4) is 0 Å². The van der Waals surface area contributed by atoms with Crippen molar-refractivity contribution in [2.24, 2.45) is 0 Å². The van der Waals surface area contributed by atoms with Crippen LogP contribution in [0, 0.1) is 0 Å². The van der Waals surface area contributed by atoms with E-state index in [2.05, 4.69) is 9.26 Å². The number of esters is 1. The van der Waals surface area contributed by atoms with Crippen LogP contribution in [0.1, 0.15) is 20.3 Å². The highest BCUT2D eigenvalue weighted by atomic mass is 31.2. The van der Waals surface area contributed by atoms with Crippen molar-refractivity contribution >= 4 is 13.8 Å². The predicted molar refractivity (Wildman–Crippen MR) is 43.8 cm³/mol. The lowest BCUT2D eigenvalue weighted by Gasteiger charge is -2.15. The first-order valence-electron chi connectivity index (χ1n) is 3.72. The van der Waals surface area contributed by atoms with E-state index < -0.39 is 19.9 Å². The van der Waals surface area contributed by atoms with Crippen molar-refractivity contribution in [1.82, 2.24) is 0 Å². The largest absolute Gasteiger partial charge is 0.469 e. The summed E-state index contributed by atoms with van der Waals surface area (Å²) in [7, 11) is -4.49. The lowest BCUT2D eigenvalue weighted by atomic mass is 10.3. The Labute approximate surface area is 76.1 Å². The normalized spacial score (nSPS) is 13.8. The average molecular weight is 212 g/mol. The fraction of sp³-hybridized carbons (Fsp3) is 0.833. The average Bonchev–Trinajstić information content (AvgIpc) is 1.95. The first-order chi connectivity index (χ1) is 5.85. The molecule has 7 heteroatoms. The van der Waals surface area contributed by atoms with Crippen LogP contribution in [0.5, 0.6) is 0 Å². The van der Waals surface area contributed by atoms with Gasteiger partial charge in [0.1, 0.15) is 12.7 Å². The van der Waals surface area contributed by atoms with E-state index in [0.717, 1.165) is 0 Å². The number of ether oxygens (including phenoxy) is 1. The molecule has 0 aromatic carbocycles. The molecule has 1 unspecified atom stereocenters. The maximum Gasteiger partial charge on any atom is 0.469 e. The Bertz CT molecular complexity index is 209. The summed E-state index contributed by atoms with van der Waals surface area (Å²) in [6, 6.07) is 0. The number of hydrogen-bond donors (Lipinski definition) is 2. The zero-order valence-corrected chi connectivity index (χ0v) is 8.36. The van der Waals surface area contributed by atoms with Gasteiger partial charge in [0.2, 0.25) is 0 Å². The van der Waals surface area contributed by atoms with Gasteiger partial charge in [-0.15, -0.1) is 0 Å². The summed E-state index contributed by atoms with van der Waals surface area (Å²) >= 11 is 0. The van der Waals surface area contributed by atoms with Gasteiger partial charge in [-0.05, 0) is 6.42 Å². The minimum atomic E-state index is -4.49. The molecule has 0 aliphatic rings. The third-order valence-electron chi connectivity index (χ3n) is 1.21. The van der Waals surface area contributed by atoms with E-state index in [-0.39, 0.29) is 6.61 Å². The quantitative estimate of drug-likeness (QED) is 0.507. The first-order valence-corrected chi connectivity index (χ1v) is 5.25. The Morgan fingerprint density at radius 1 is 1.54 bits per heavy atom. The fourth-order valence-electron chi connectivity index (χ4n) is 0.627. The Morgan fingerprint density at radius 2 is 2.08 bits per heavy atom. The van der Waals surface area contributed by atoms with Crippen LogP contribution in [0.2, 0.25) is 0 Å². The smallest absolute Gasteiger partial charge is 0.463 e. The molecule has 0 aliphatic carbocycles. The van der Waals surface area contributed by atoms with Gasteiger partial charge in [0.15, 0.2) is 0 Å². The number of phosphoric ester groups is 1. The molecule has 2 N–H and O–H groups in total. The number of phosphoric acid groups is 1. The Morgan fingerprint density at radius 3 is 2.38 bits per heavy atom. The highest BCUT2D eigenvalue weighted by molar-refractivity contribution is 7.46. The van der Waals surface area contributed by atoms with E-state index in [9.17, 15) is 9.36 Å². The maximum atomic E-state index is 10.4. The van der Waals surface area contributed by atoms with Crippen molar-refractivity contribution in [1.29, 1.82) is 0 Å². The lowest BCUT2D eigenvalue weighted by Crippen LogP contribution is -2.19. The molecule has 0 amide bonds. The van der Waals surface area contributed by atoms with Gasteiger partial charge in [-0.3, -0.25) is 9.32 Å². The van der Waals surface area contributed by atoms with Gasteiger partial charge in [-0.25, -0.2) is 4.57 Å². The summed E-state index contributed by atoms with van der Waals surface area (Å²) in [5.41, 5.74) is 0. The van der Waals surface area contributed by atoms with Crippen LogP contribution in [0.25, 0.3) is 0 Å². The molecule has 0 radical (unpaired) electrons. The summed E-state index contributed by atoms with van der Waals surface area (Å²) in [6.45, 7) is 2.74. The van der Waals surface area contributed by atoms with E-state index in [0.29, 0.717) is 6.42 Å². The highest BCUT2D eigenvalue weighted by Gasteiger charge is 2.21. The van der Waals surface area contributed by atoms with Crippen LogP contribution in [0.4, 0.5) is 0 Å². The molecule has 0 heterocycles. The minimum absolute atomic E-state index is 0.142. The summed E-state index contributed by atoms with van der Waals surface area (Å²) in [5, 5.41) is 0. The molecule has 0 saturated heterocycles. The molecule has 0 aliphatic heterocycles. The third kappa shape index (κ3) is 7.93. The fourth-order valence-corrected chi connectivity index (χ4v) is 1.23. The molecule has 0 bridgehead atoms. The molecule has 0 saturated carbocycles. The van der Waals surface area contributed by atoms with Crippen molar-refractivity contribution in [3.63, 3.8) is 0 Å². The second-order valence-corrected chi connectivity index (χ2v) is 3.62. The topological polar surface area (TPSA) is 93.1 Å². The van der Waals surface area contributed by atoms with Crippen molar-refractivity contribution in [3.05, 3.63) is 0 Å². The third-order valence-corrected chi connectivity index (χ3v) is 1.79.